The Hall–Kier alpha value is -3.42. The first-order valence-electron chi connectivity index (χ1n) is 16.1. The minimum absolute atomic E-state index is 0.101. The molecule has 0 saturated carbocycles. The van der Waals surface area contributed by atoms with Gasteiger partial charge in [-0.1, -0.05) is 92.8 Å². The summed E-state index contributed by atoms with van der Waals surface area (Å²) < 4.78 is 2.11. The highest BCUT2D eigenvalue weighted by Gasteiger charge is 2.33. The molecule has 4 rings (SSSR count). The molecule has 1 aromatic heterocycles. The fourth-order valence-corrected chi connectivity index (χ4v) is 7.61. The number of thioether (sulfide) groups is 1. The summed E-state index contributed by atoms with van der Waals surface area (Å²) in [6.07, 6.45) is 13.0. The number of carbonyl (C=O) groups is 2. The van der Waals surface area contributed by atoms with Gasteiger partial charge in [0, 0.05) is 38.7 Å². The summed E-state index contributed by atoms with van der Waals surface area (Å²) in [6, 6.07) is 12.6. The fourth-order valence-electron chi connectivity index (χ4n) is 6.32. The van der Waals surface area contributed by atoms with Crippen molar-refractivity contribution in [1.29, 1.82) is 5.26 Å². The van der Waals surface area contributed by atoms with Crippen molar-refractivity contribution < 1.29 is 14.7 Å². The van der Waals surface area contributed by atoms with E-state index in [9.17, 15) is 19.6 Å². The number of benzene rings is 1. The number of thiocarbonyl (C=S) groups is 1. The van der Waals surface area contributed by atoms with Gasteiger partial charge < -0.3 is 10.0 Å². The first-order valence-corrected chi connectivity index (χ1v) is 17.3. The van der Waals surface area contributed by atoms with Gasteiger partial charge in [-0.25, -0.2) is 0 Å². The number of amides is 1. The number of carboxylic acids is 1. The predicted molar refractivity (Wildman–Crippen MR) is 185 cm³/mol. The summed E-state index contributed by atoms with van der Waals surface area (Å²) in [6.45, 7) is 3.95. The molecule has 0 aliphatic carbocycles. The van der Waals surface area contributed by atoms with Crippen LogP contribution in [-0.2, 0) is 23.1 Å². The average Bonchev–Trinajstić information content (AvgIpc) is 3.29. The van der Waals surface area contributed by atoms with Gasteiger partial charge in [0.1, 0.15) is 21.8 Å². The molecule has 2 fully saturated rings. The highest BCUT2D eigenvalue weighted by atomic mass is 32.2. The summed E-state index contributed by atoms with van der Waals surface area (Å²) in [5.74, 6) is 0.460. The summed E-state index contributed by atoms with van der Waals surface area (Å²) in [7, 11) is 1.71. The third-order valence-electron chi connectivity index (χ3n) is 8.92. The molecule has 1 amide bonds. The maximum Gasteiger partial charge on any atom is 0.303 e. The summed E-state index contributed by atoms with van der Waals surface area (Å²) in [5.41, 5.74) is 2.45. The minimum Gasteiger partial charge on any atom is -0.481 e. The van der Waals surface area contributed by atoms with Crippen LogP contribution >= 0.6 is 24.0 Å². The van der Waals surface area contributed by atoms with Gasteiger partial charge in [-0.2, -0.15) is 5.26 Å². The van der Waals surface area contributed by atoms with Gasteiger partial charge in [0.15, 0.2) is 0 Å². The Morgan fingerprint density at radius 2 is 1.67 bits per heavy atom. The lowest BCUT2D eigenvalue weighted by atomic mass is 9.90. The van der Waals surface area contributed by atoms with Gasteiger partial charge in [-0.15, -0.1) is 0 Å². The van der Waals surface area contributed by atoms with Gasteiger partial charge in [-0.05, 0) is 62.1 Å². The van der Waals surface area contributed by atoms with E-state index in [1.165, 1.54) is 17.3 Å². The second-order valence-corrected chi connectivity index (χ2v) is 13.8. The number of piperidine rings is 1. The Kier molecular flexibility index (Phi) is 12.8. The number of carboxylic acid groups (broad SMARTS) is 1. The van der Waals surface area contributed by atoms with E-state index in [-0.39, 0.29) is 23.5 Å². The van der Waals surface area contributed by atoms with Crippen LogP contribution in [-0.4, -0.2) is 50.4 Å². The smallest absolute Gasteiger partial charge is 0.303 e. The van der Waals surface area contributed by atoms with Crippen molar-refractivity contribution in [2.45, 2.75) is 84.0 Å². The van der Waals surface area contributed by atoms with E-state index in [1.807, 2.05) is 12.1 Å². The molecule has 2 saturated heterocycles. The average molecular weight is 649 g/mol. The number of anilines is 1. The molecule has 45 heavy (non-hydrogen) atoms. The molecule has 0 unspecified atom stereocenters. The number of nitriles is 1. The lowest BCUT2D eigenvalue weighted by Crippen LogP contribution is -2.39. The third-order valence-corrected chi connectivity index (χ3v) is 10.3. The van der Waals surface area contributed by atoms with Gasteiger partial charge in [0.2, 0.25) is 0 Å². The lowest BCUT2D eigenvalue weighted by Gasteiger charge is -2.36. The van der Waals surface area contributed by atoms with E-state index in [1.54, 1.807) is 23.4 Å². The Bertz CT molecular complexity index is 1500. The summed E-state index contributed by atoms with van der Waals surface area (Å²) in [5, 5.41) is 18.6. The molecule has 240 valence electrons. The van der Waals surface area contributed by atoms with Crippen molar-refractivity contribution in [3.8, 4) is 6.07 Å². The molecule has 0 bridgehead atoms. The number of unbranched alkanes of at least 4 members (excludes halogenated alkanes) is 7. The van der Waals surface area contributed by atoms with Crippen molar-refractivity contribution in [1.82, 2.24) is 9.47 Å². The Labute approximate surface area is 276 Å². The molecule has 3 heterocycles. The zero-order valence-electron chi connectivity index (χ0n) is 26.4. The molecule has 0 atom stereocenters. The number of rotatable bonds is 15. The number of nitrogens with zero attached hydrogens (tertiary/aromatic N) is 4. The Morgan fingerprint density at radius 3 is 2.29 bits per heavy atom. The standard InChI is InChI=1S/C35H44N4O4S2/c1-25-28(23-30-34(43)39(35(44)45-30)19-13-8-6-4-3-5-7-12-16-31(40)41)32(37(2)33(42)29(25)24-36)38-20-17-27(18-21-38)22-26-14-10-9-11-15-26/h9-11,14-15,23,27H,3-8,12-13,16-22H2,1-2H3,(H,40,41)/b30-23-. The quantitative estimate of drug-likeness (QED) is 0.127. The predicted octanol–water partition coefficient (Wildman–Crippen LogP) is 6.82. The van der Waals surface area contributed by atoms with Crippen molar-refractivity contribution in [2.75, 3.05) is 24.5 Å². The van der Waals surface area contributed by atoms with Crippen LogP contribution in [0.5, 0.6) is 0 Å². The number of pyridine rings is 1. The zero-order valence-corrected chi connectivity index (χ0v) is 28.1. The molecular weight excluding hydrogens is 605 g/mol. The summed E-state index contributed by atoms with van der Waals surface area (Å²) >= 11 is 6.89. The van der Waals surface area contributed by atoms with Crippen LogP contribution in [0.1, 0.15) is 92.9 Å². The highest BCUT2D eigenvalue weighted by Crippen LogP contribution is 2.37. The van der Waals surface area contributed by atoms with Gasteiger partial charge >= 0.3 is 5.97 Å². The van der Waals surface area contributed by atoms with Crippen LogP contribution < -0.4 is 10.5 Å². The van der Waals surface area contributed by atoms with Crippen molar-refractivity contribution in [2.24, 2.45) is 13.0 Å². The normalized spacial score (nSPS) is 16.5. The van der Waals surface area contributed by atoms with Crippen molar-refractivity contribution in [3.63, 3.8) is 0 Å². The molecule has 2 aromatic rings. The van der Waals surface area contributed by atoms with Gasteiger partial charge in [-0.3, -0.25) is 23.9 Å². The molecule has 2 aliphatic rings. The third kappa shape index (κ3) is 9.08. The maximum atomic E-state index is 13.5. The monoisotopic (exact) mass is 648 g/mol. The number of hydrogen-bond acceptors (Lipinski definition) is 7. The van der Waals surface area contributed by atoms with Crippen molar-refractivity contribution >= 4 is 52.1 Å². The van der Waals surface area contributed by atoms with E-state index in [0.717, 1.165) is 95.1 Å². The van der Waals surface area contributed by atoms with Crippen molar-refractivity contribution in [3.05, 3.63) is 67.8 Å². The zero-order chi connectivity index (χ0) is 32.3. The molecule has 0 radical (unpaired) electrons. The molecule has 10 heteroatoms. The van der Waals surface area contributed by atoms with Crippen LogP contribution in [0.3, 0.4) is 0 Å². The largest absolute Gasteiger partial charge is 0.481 e. The summed E-state index contributed by atoms with van der Waals surface area (Å²) in [4.78, 5) is 41.8. The molecular formula is C35H44N4O4S2. The Balaban J connectivity index is 1.40. The van der Waals surface area contributed by atoms with E-state index in [4.69, 9.17) is 17.3 Å². The lowest BCUT2D eigenvalue weighted by molar-refractivity contribution is -0.137. The van der Waals surface area contributed by atoms with Crippen LogP contribution in [0.15, 0.2) is 40.0 Å². The number of aromatic nitrogens is 1. The topological polar surface area (TPSA) is 107 Å². The van der Waals surface area contributed by atoms with E-state index in [0.29, 0.717) is 27.3 Å². The first kappa shape index (κ1) is 34.5. The van der Waals surface area contributed by atoms with Gasteiger partial charge in [0.05, 0.1) is 4.91 Å². The molecule has 1 aromatic carbocycles. The number of hydrogen-bond donors (Lipinski definition) is 1. The SMILES string of the molecule is Cc1c(/C=C2\SC(=S)N(CCCCCCCCCCC(=O)O)C2=O)c(N2CCC(Cc3ccccc3)CC2)n(C)c(=O)c1C#N. The fraction of sp³-hybridized carbons (Fsp3) is 0.514. The molecule has 8 nitrogen and oxygen atoms in total. The molecule has 1 N–H and O–H groups in total. The van der Waals surface area contributed by atoms with E-state index < -0.39 is 5.97 Å². The van der Waals surface area contributed by atoms with E-state index in [2.05, 4.69) is 35.2 Å². The van der Waals surface area contributed by atoms with Crippen LogP contribution in [0.25, 0.3) is 6.08 Å². The minimum atomic E-state index is -0.729. The van der Waals surface area contributed by atoms with Crippen LogP contribution in [0.2, 0.25) is 0 Å². The molecule has 0 spiro atoms. The molecule has 2 aliphatic heterocycles. The van der Waals surface area contributed by atoms with E-state index >= 15 is 0 Å². The number of aliphatic carboxylic acids is 1. The second kappa shape index (κ2) is 16.8. The maximum absolute atomic E-state index is 13.5. The first-order chi connectivity index (χ1) is 21.7. The Morgan fingerprint density at radius 1 is 1.04 bits per heavy atom. The van der Waals surface area contributed by atoms with Gasteiger partial charge in [0.25, 0.3) is 11.5 Å². The van der Waals surface area contributed by atoms with Crippen LogP contribution in [0, 0.1) is 24.2 Å². The second-order valence-electron chi connectivity index (χ2n) is 12.1. The number of carbonyl (C=O) groups excluding carboxylic acids is 1. The highest BCUT2D eigenvalue weighted by molar-refractivity contribution is 8.26. The van der Waals surface area contributed by atoms with Crippen LogP contribution in [0.4, 0.5) is 5.82 Å².